The molecule has 5 heteroatoms. The number of likely N-dealkylation sites (tertiary alicyclic amines) is 2. The molecule has 0 aliphatic carbocycles. The van der Waals surface area contributed by atoms with Crippen molar-refractivity contribution in [3.05, 3.63) is 0 Å². The van der Waals surface area contributed by atoms with E-state index in [1.165, 1.54) is 6.42 Å². The van der Waals surface area contributed by atoms with Gasteiger partial charge in [0, 0.05) is 38.5 Å². The number of hydrogen-bond donors (Lipinski definition) is 1. The fourth-order valence-electron chi connectivity index (χ4n) is 4.31. The average Bonchev–Trinajstić information content (AvgIpc) is 3.13. The van der Waals surface area contributed by atoms with Crippen molar-refractivity contribution in [3.8, 4) is 0 Å². The van der Waals surface area contributed by atoms with Crippen molar-refractivity contribution in [2.45, 2.75) is 51.9 Å². The van der Waals surface area contributed by atoms with Gasteiger partial charge in [-0.25, -0.2) is 0 Å². The fraction of sp³-hybridized carbons (Fsp3) is 0.895. The Hall–Kier alpha value is -1.10. The van der Waals surface area contributed by atoms with E-state index in [1.54, 1.807) is 0 Å². The van der Waals surface area contributed by atoms with Gasteiger partial charge in [0.05, 0.1) is 0 Å². The van der Waals surface area contributed by atoms with Crippen LogP contribution in [0.25, 0.3) is 0 Å². The van der Waals surface area contributed by atoms with E-state index < -0.39 is 0 Å². The summed E-state index contributed by atoms with van der Waals surface area (Å²) >= 11 is 0. The van der Waals surface area contributed by atoms with Crippen LogP contribution in [0, 0.1) is 17.8 Å². The Labute approximate surface area is 146 Å². The van der Waals surface area contributed by atoms with Gasteiger partial charge in [-0.1, -0.05) is 6.92 Å². The van der Waals surface area contributed by atoms with Crippen molar-refractivity contribution >= 4 is 11.8 Å². The maximum Gasteiger partial charge on any atom is 0.225 e. The van der Waals surface area contributed by atoms with Crippen molar-refractivity contribution in [1.82, 2.24) is 15.1 Å². The Balaban J connectivity index is 1.38. The van der Waals surface area contributed by atoms with Crippen molar-refractivity contribution in [3.63, 3.8) is 0 Å². The molecule has 1 unspecified atom stereocenters. The molecule has 3 aliphatic rings. The van der Waals surface area contributed by atoms with Crippen LogP contribution >= 0.6 is 0 Å². The van der Waals surface area contributed by atoms with Gasteiger partial charge in [-0.2, -0.15) is 0 Å². The molecular weight excluding hydrogens is 302 g/mol. The number of carbonyl (C=O) groups excluding carboxylic acids is 2. The highest BCUT2D eigenvalue weighted by Gasteiger charge is 2.31. The highest BCUT2D eigenvalue weighted by atomic mass is 16.2. The van der Waals surface area contributed by atoms with Gasteiger partial charge in [-0.3, -0.25) is 9.59 Å². The lowest BCUT2D eigenvalue weighted by Gasteiger charge is -2.36. The number of carbonyl (C=O) groups is 2. The molecule has 2 amide bonds. The molecule has 0 saturated carbocycles. The first-order valence-electron chi connectivity index (χ1n) is 9.90. The third kappa shape index (κ3) is 4.50. The SMILES string of the molecule is CC1CCN(C(=O)C2CCN(C(=O)CCC3CCNC3)CC2)CC1. The van der Waals surface area contributed by atoms with E-state index in [9.17, 15) is 9.59 Å². The number of amides is 2. The minimum atomic E-state index is 0.140. The van der Waals surface area contributed by atoms with E-state index in [2.05, 4.69) is 17.1 Å². The molecule has 0 aromatic rings. The first kappa shape index (κ1) is 17.7. The van der Waals surface area contributed by atoms with E-state index in [1.807, 2.05) is 4.90 Å². The van der Waals surface area contributed by atoms with Crippen LogP contribution in [0.5, 0.6) is 0 Å². The van der Waals surface area contributed by atoms with Gasteiger partial charge in [0.2, 0.25) is 11.8 Å². The summed E-state index contributed by atoms with van der Waals surface area (Å²) in [5.41, 5.74) is 0. The molecule has 3 rings (SSSR count). The minimum Gasteiger partial charge on any atom is -0.343 e. The van der Waals surface area contributed by atoms with E-state index in [-0.39, 0.29) is 5.92 Å². The minimum absolute atomic E-state index is 0.140. The Bertz CT molecular complexity index is 432. The van der Waals surface area contributed by atoms with Crippen LogP contribution < -0.4 is 5.32 Å². The molecule has 136 valence electrons. The predicted octanol–water partition coefficient (Wildman–Crippen LogP) is 1.87. The van der Waals surface area contributed by atoms with Gasteiger partial charge < -0.3 is 15.1 Å². The molecule has 0 aromatic carbocycles. The summed E-state index contributed by atoms with van der Waals surface area (Å²) in [6.07, 6.45) is 6.87. The van der Waals surface area contributed by atoms with Crippen molar-refractivity contribution in [2.24, 2.45) is 17.8 Å². The summed E-state index contributed by atoms with van der Waals surface area (Å²) < 4.78 is 0. The zero-order chi connectivity index (χ0) is 16.9. The molecular formula is C19H33N3O2. The maximum absolute atomic E-state index is 12.7. The van der Waals surface area contributed by atoms with Crippen LogP contribution in [-0.2, 0) is 9.59 Å². The Morgan fingerprint density at radius 3 is 2.25 bits per heavy atom. The van der Waals surface area contributed by atoms with Crippen molar-refractivity contribution in [2.75, 3.05) is 39.3 Å². The number of rotatable bonds is 4. The first-order valence-corrected chi connectivity index (χ1v) is 9.90. The normalized spacial score (nSPS) is 26.8. The van der Waals surface area contributed by atoms with E-state index >= 15 is 0 Å². The standard InChI is InChI=1S/C19H33N3O2/c1-15-5-10-22(11-6-15)19(24)17-7-12-21(13-8-17)18(23)3-2-16-4-9-20-14-16/h15-17,20H,2-14H2,1H3. The van der Waals surface area contributed by atoms with Gasteiger partial charge in [-0.05, 0) is 63.5 Å². The highest BCUT2D eigenvalue weighted by molar-refractivity contribution is 5.80. The molecule has 3 fully saturated rings. The van der Waals surface area contributed by atoms with Crippen LogP contribution in [0.2, 0.25) is 0 Å². The molecule has 24 heavy (non-hydrogen) atoms. The van der Waals surface area contributed by atoms with E-state index in [0.717, 1.165) is 77.3 Å². The number of nitrogens with zero attached hydrogens (tertiary/aromatic N) is 2. The fourth-order valence-corrected chi connectivity index (χ4v) is 4.31. The Morgan fingerprint density at radius 2 is 1.62 bits per heavy atom. The third-order valence-corrected chi connectivity index (χ3v) is 6.22. The van der Waals surface area contributed by atoms with Gasteiger partial charge in [0.1, 0.15) is 0 Å². The van der Waals surface area contributed by atoms with Gasteiger partial charge in [-0.15, -0.1) is 0 Å². The van der Waals surface area contributed by atoms with Gasteiger partial charge in [0.25, 0.3) is 0 Å². The zero-order valence-corrected chi connectivity index (χ0v) is 15.1. The number of nitrogens with one attached hydrogen (secondary N) is 1. The smallest absolute Gasteiger partial charge is 0.225 e. The molecule has 3 saturated heterocycles. The van der Waals surface area contributed by atoms with Gasteiger partial charge >= 0.3 is 0 Å². The summed E-state index contributed by atoms with van der Waals surface area (Å²) in [5, 5.41) is 3.36. The van der Waals surface area contributed by atoms with E-state index in [0.29, 0.717) is 24.2 Å². The van der Waals surface area contributed by atoms with Crippen LogP contribution in [0.1, 0.15) is 51.9 Å². The molecule has 0 radical (unpaired) electrons. The number of hydrogen-bond acceptors (Lipinski definition) is 3. The first-order chi connectivity index (χ1) is 11.6. The molecule has 1 N–H and O–H groups in total. The van der Waals surface area contributed by atoms with Crippen LogP contribution in [0.3, 0.4) is 0 Å². The topological polar surface area (TPSA) is 52.7 Å². The number of piperidine rings is 2. The van der Waals surface area contributed by atoms with Crippen LogP contribution in [0.15, 0.2) is 0 Å². The van der Waals surface area contributed by atoms with Crippen LogP contribution in [-0.4, -0.2) is 60.9 Å². The summed E-state index contributed by atoms with van der Waals surface area (Å²) in [7, 11) is 0. The zero-order valence-electron chi connectivity index (χ0n) is 15.1. The van der Waals surface area contributed by atoms with E-state index in [4.69, 9.17) is 0 Å². The molecule has 3 heterocycles. The monoisotopic (exact) mass is 335 g/mol. The Morgan fingerprint density at radius 1 is 0.958 bits per heavy atom. The highest BCUT2D eigenvalue weighted by Crippen LogP contribution is 2.24. The lowest BCUT2D eigenvalue weighted by molar-refractivity contribution is -0.141. The molecule has 0 spiro atoms. The van der Waals surface area contributed by atoms with Crippen molar-refractivity contribution in [1.29, 1.82) is 0 Å². The maximum atomic E-state index is 12.7. The molecule has 0 aromatic heterocycles. The summed E-state index contributed by atoms with van der Waals surface area (Å²) in [6, 6.07) is 0. The second-order valence-electron chi connectivity index (χ2n) is 8.06. The van der Waals surface area contributed by atoms with Crippen molar-refractivity contribution < 1.29 is 9.59 Å². The summed E-state index contributed by atoms with van der Waals surface area (Å²) in [5.74, 6) is 2.20. The second-order valence-corrected chi connectivity index (χ2v) is 8.06. The third-order valence-electron chi connectivity index (χ3n) is 6.22. The summed E-state index contributed by atoms with van der Waals surface area (Å²) in [6.45, 7) is 7.82. The average molecular weight is 335 g/mol. The second kappa shape index (κ2) is 8.32. The lowest BCUT2D eigenvalue weighted by atomic mass is 9.92. The molecule has 0 bridgehead atoms. The lowest BCUT2D eigenvalue weighted by Crippen LogP contribution is -2.46. The molecule has 3 aliphatic heterocycles. The molecule has 1 atom stereocenters. The predicted molar refractivity (Wildman–Crippen MR) is 94.5 cm³/mol. The quantitative estimate of drug-likeness (QED) is 0.853. The van der Waals surface area contributed by atoms with Crippen LogP contribution in [0.4, 0.5) is 0 Å². The largest absolute Gasteiger partial charge is 0.343 e. The van der Waals surface area contributed by atoms with Gasteiger partial charge in [0.15, 0.2) is 0 Å². The molecule has 5 nitrogen and oxygen atoms in total. The summed E-state index contributed by atoms with van der Waals surface area (Å²) in [4.78, 5) is 29.1. The Kier molecular flexibility index (Phi) is 6.14.